The van der Waals surface area contributed by atoms with Crippen LogP contribution in [0, 0.1) is 17.0 Å². The highest BCUT2D eigenvalue weighted by molar-refractivity contribution is 5.55. The van der Waals surface area contributed by atoms with Crippen LogP contribution in [0.5, 0.6) is 0 Å². The first kappa shape index (κ1) is 14.4. The van der Waals surface area contributed by atoms with Gasteiger partial charge in [-0.2, -0.15) is 0 Å². The summed E-state index contributed by atoms with van der Waals surface area (Å²) in [5, 5.41) is 13.7. The van der Waals surface area contributed by atoms with Crippen LogP contribution >= 0.6 is 0 Å². The summed E-state index contributed by atoms with van der Waals surface area (Å²) in [4.78, 5) is 14.5. The van der Waals surface area contributed by atoms with E-state index >= 15 is 0 Å². The van der Waals surface area contributed by atoms with Gasteiger partial charge in [0.15, 0.2) is 0 Å². The number of pyridine rings is 1. The van der Waals surface area contributed by atoms with E-state index in [2.05, 4.69) is 17.2 Å². The van der Waals surface area contributed by atoms with Gasteiger partial charge in [0.1, 0.15) is 0 Å². The Morgan fingerprint density at radius 3 is 2.89 bits per heavy atom. The number of nitrogens with zero attached hydrogens (tertiary/aromatic N) is 2. The topological polar surface area (TPSA) is 77.3 Å². The fourth-order valence-corrected chi connectivity index (χ4v) is 1.42. The van der Waals surface area contributed by atoms with Crippen molar-refractivity contribution in [2.45, 2.75) is 26.7 Å². The lowest BCUT2D eigenvalue weighted by molar-refractivity contribution is -0.384. The van der Waals surface area contributed by atoms with Crippen LogP contribution in [0.4, 0.5) is 11.5 Å². The molecule has 0 unspecified atom stereocenters. The van der Waals surface area contributed by atoms with E-state index in [-0.39, 0.29) is 5.69 Å². The van der Waals surface area contributed by atoms with Crippen molar-refractivity contribution in [2.24, 2.45) is 0 Å². The lowest BCUT2D eigenvalue weighted by atomic mass is 10.3. The zero-order valence-corrected chi connectivity index (χ0v) is 10.8. The van der Waals surface area contributed by atoms with Gasteiger partial charge in [-0.15, -0.1) is 0 Å². The third kappa shape index (κ3) is 4.67. The van der Waals surface area contributed by atoms with Gasteiger partial charge in [-0.25, -0.2) is 4.98 Å². The molecule has 0 radical (unpaired) electrons. The number of rotatable bonds is 8. The molecule has 0 amide bonds. The van der Waals surface area contributed by atoms with E-state index < -0.39 is 4.92 Å². The fraction of sp³-hybridized carbons (Fsp3) is 0.583. The predicted molar refractivity (Wildman–Crippen MR) is 69.8 cm³/mol. The van der Waals surface area contributed by atoms with E-state index in [9.17, 15) is 10.1 Å². The SMILES string of the molecule is CCCCOCCNc1nc(C)ccc1[N+](=O)[O-]. The zero-order valence-electron chi connectivity index (χ0n) is 10.8. The van der Waals surface area contributed by atoms with Crippen molar-refractivity contribution in [1.29, 1.82) is 0 Å². The quantitative estimate of drug-likeness (QED) is 0.437. The molecule has 0 spiro atoms. The van der Waals surface area contributed by atoms with Crippen LogP contribution < -0.4 is 5.32 Å². The normalized spacial score (nSPS) is 10.3. The smallest absolute Gasteiger partial charge is 0.311 e. The second-order valence-corrected chi connectivity index (χ2v) is 3.97. The summed E-state index contributed by atoms with van der Waals surface area (Å²) < 4.78 is 5.37. The first-order chi connectivity index (χ1) is 8.65. The van der Waals surface area contributed by atoms with Gasteiger partial charge in [0.05, 0.1) is 11.5 Å². The number of unbranched alkanes of at least 4 members (excludes halogenated alkanes) is 1. The summed E-state index contributed by atoms with van der Waals surface area (Å²) in [5.41, 5.74) is 0.740. The number of aromatic nitrogens is 1. The molecule has 0 aromatic carbocycles. The first-order valence-electron chi connectivity index (χ1n) is 6.08. The molecule has 1 heterocycles. The van der Waals surface area contributed by atoms with Gasteiger partial charge in [-0.05, 0) is 19.4 Å². The molecule has 0 atom stereocenters. The molecule has 100 valence electrons. The van der Waals surface area contributed by atoms with Crippen LogP contribution in [0.25, 0.3) is 0 Å². The Balaban J connectivity index is 2.45. The van der Waals surface area contributed by atoms with Crippen molar-refractivity contribution in [3.8, 4) is 0 Å². The van der Waals surface area contributed by atoms with Crippen molar-refractivity contribution in [3.05, 3.63) is 27.9 Å². The van der Waals surface area contributed by atoms with Crippen LogP contribution in [-0.2, 0) is 4.74 Å². The van der Waals surface area contributed by atoms with Crippen molar-refractivity contribution in [2.75, 3.05) is 25.1 Å². The molecule has 0 aliphatic carbocycles. The highest BCUT2D eigenvalue weighted by atomic mass is 16.6. The molecule has 1 rings (SSSR count). The highest BCUT2D eigenvalue weighted by Gasteiger charge is 2.14. The number of nitrogens with one attached hydrogen (secondary N) is 1. The third-order valence-electron chi connectivity index (χ3n) is 2.39. The van der Waals surface area contributed by atoms with Crippen LogP contribution in [-0.4, -0.2) is 29.7 Å². The van der Waals surface area contributed by atoms with Gasteiger partial charge in [-0.3, -0.25) is 10.1 Å². The Morgan fingerprint density at radius 2 is 2.22 bits per heavy atom. The number of nitro groups is 1. The van der Waals surface area contributed by atoms with Crippen LogP contribution in [0.1, 0.15) is 25.5 Å². The number of ether oxygens (including phenoxy) is 1. The molecule has 6 heteroatoms. The second kappa shape index (κ2) is 7.60. The summed E-state index contributed by atoms with van der Waals surface area (Å²) in [5.74, 6) is 0.305. The molecule has 1 aromatic heterocycles. The van der Waals surface area contributed by atoms with E-state index in [0.29, 0.717) is 19.0 Å². The Labute approximate surface area is 107 Å². The fourth-order valence-electron chi connectivity index (χ4n) is 1.42. The minimum atomic E-state index is -0.438. The van der Waals surface area contributed by atoms with E-state index in [0.717, 1.165) is 25.1 Å². The van der Waals surface area contributed by atoms with Gasteiger partial charge in [-0.1, -0.05) is 13.3 Å². The summed E-state index contributed by atoms with van der Waals surface area (Å²) in [6.45, 7) is 5.66. The van der Waals surface area contributed by atoms with E-state index in [1.54, 1.807) is 13.0 Å². The average Bonchev–Trinajstić information content (AvgIpc) is 2.33. The largest absolute Gasteiger partial charge is 0.380 e. The summed E-state index contributed by atoms with van der Waals surface area (Å²) >= 11 is 0. The van der Waals surface area contributed by atoms with Crippen molar-refractivity contribution in [1.82, 2.24) is 4.98 Å². The minimum absolute atomic E-state index is 0.00541. The number of hydrogen-bond donors (Lipinski definition) is 1. The lowest BCUT2D eigenvalue weighted by Crippen LogP contribution is -2.12. The number of hydrogen-bond acceptors (Lipinski definition) is 5. The minimum Gasteiger partial charge on any atom is -0.380 e. The first-order valence-corrected chi connectivity index (χ1v) is 6.08. The summed E-state index contributed by atoms with van der Waals surface area (Å²) in [6.07, 6.45) is 2.13. The van der Waals surface area contributed by atoms with Gasteiger partial charge in [0.25, 0.3) is 0 Å². The molecular formula is C12H19N3O3. The molecule has 1 N–H and O–H groups in total. The molecule has 1 aromatic rings. The molecule has 0 fully saturated rings. The molecule has 0 saturated carbocycles. The van der Waals surface area contributed by atoms with Crippen molar-refractivity contribution < 1.29 is 9.66 Å². The average molecular weight is 253 g/mol. The Kier molecular flexibility index (Phi) is 6.07. The van der Waals surface area contributed by atoms with Gasteiger partial charge < -0.3 is 10.1 Å². The van der Waals surface area contributed by atoms with E-state index in [1.165, 1.54) is 6.07 Å². The molecule has 6 nitrogen and oxygen atoms in total. The number of anilines is 1. The van der Waals surface area contributed by atoms with Crippen LogP contribution in [0.3, 0.4) is 0 Å². The van der Waals surface area contributed by atoms with Crippen molar-refractivity contribution in [3.63, 3.8) is 0 Å². The molecule has 0 bridgehead atoms. The zero-order chi connectivity index (χ0) is 13.4. The maximum atomic E-state index is 10.8. The molecule has 0 aliphatic rings. The monoisotopic (exact) mass is 253 g/mol. The van der Waals surface area contributed by atoms with Crippen molar-refractivity contribution >= 4 is 11.5 Å². The van der Waals surface area contributed by atoms with Gasteiger partial charge >= 0.3 is 5.69 Å². The Hall–Kier alpha value is -1.69. The summed E-state index contributed by atoms with van der Waals surface area (Å²) in [7, 11) is 0. The molecule has 0 saturated heterocycles. The molecule has 0 aliphatic heterocycles. The maximum absolute atomic E-state index is 10.8. The van der Waals surface area contributed by atoms with Gasteiger partial charge in [0.2, 0.25) is 5.82 Å². The Morgan fingerprint density at radius 1 is 1.44 bits per heavy atom. The Bertz CT molecular complexity index is 396. The van der Waals surface area contributed by atoms with Gasteiger partial charge in [0, 0.05) is 24.9 Å². The predicted octanol–water partition coefficient (Wildman–Crippen LogP) is 2.53. The standard InChI is InChI=1S/C12H19N3O3/c1-3-4-8-18-9-7-13-12-11(15(16)17)6-5-10(2)14-12/h5-6H,3-4,7-9H2,1-2H3,(H,13,14). The summed E-state index contributed by atoms with van der Waals surface area (Å²) in [6, 6.07) is 3.09. The molecular weight excluding hydrogens is 234 g/mol. The highest BCUT2D eigenvalue weighted by Crippen LogP contribution is 2.21. The van der Waals surface area contributed by atoms with Crippen LogP contribution in [0.15, 0.2) is 12.1 Å². The second-order valence-electron chi connectivity index (χ2n) is 3.97. The number of aryl methyl sites for hydroxylation is 1. The lowest BCUT2D eigenvalue weighted by Gasteiger charge is -2.07. The third-order valence-corrected chi connectivity index (χ3v) is 2.39. The maximum Gasteiger partial charge on any atom is 0.311 e. The van der Waals surface area contributed by atoms with E-state index in [4.69, 9.17) is 4.74 Å². The van der Waals surface area contributed by atoms with E-state index in [1.807, 2.05) is 0 Å². The molecule has 18 heavy (non-hydrogen) atoms. The van der Waals surface area contributed by atoms with Crippen LogP contribution in [0.2, 0.25) is 0 Å².